The van der Waals surface area contributed by atoms with Gasteiger partial charge >= 0.3 is 23.7 Å². The summed E-state index contributed by atoms with van der Waals surface area (Å²) < 4.78 is 7.95. The third-order valence-electron chi connectivity index (χ3n) is 1.55. The zero-order chi connectivity index (χ0) is 11.0. The van der Waals surface area contributed by atoms with E-state index in [4.69, 9.17) is 15.3 Å². The Hall–Kier alpha value is -1.22. The minimum Gasteiger partial charge on any atom is -0.420 e. The van der Waals surface area contributed by atoms with Gasteiger partial charge in [-0.15, -0.1) is 0 Å². The Morgan fingerprint density at radius 3 is 2.14 bits per heavy atom. The molecule has 1 aliphatic rings. The van der Waals surface area contributed by atoms with Gasteiger partial charge in [0.05, 0.1) is 0 Å². The van der Waals surface area contributed by atoms with Crippen LogP contribution in [0.5, 0.6) is 0 Å². The van der Waals surface area contributed by atoms with Crippen molar-refractivity contribution in [2.45, 2.75) is 18.2 Å². The molecule has 1 unspecified atom stereocenters. The molecule has 8 nitrogen and oxygen atoms in total. The van der Waals surface area contributed by atoms with Crippen molar-refractivity contribution in [3.63, 3.8) is 0 Å². The monoisotopic (exact) mass is 208 g/mol. The molecule has 0 bridgehead atoms. The van der Waals surface area contributed by atoms with Crippen molar-refractivity contribution < 1.29 is 39.5 Å². The fraction of sp³-hybridized carbons (Fsp3) is 0.667. The molecule has 0 spiro atoms. The van der Waals surface area contributed by atoms with E-state index < -0.39 is 36.7 Å². The summed E-state index contributed by atoms with van der Waals surface area (Å²) in [5.74, 6) is -9.07. The number of aliphatic hydroxyl groups is 4. The first kappa shape index (κ1) is 10.9. The number of carbonyl (C=O) groups is 2. The van der Waals surface area contributed by atoms with Crippen LogP contribution in [0.2, 0.25) is 0 Å². The maximum absolute atomic E-state index is 10.7. The first-order valence-corrected chi connectivity index (χ1v) is 3.52. The van der Waals surface area contributed by atoms with E-state index in [-0.39, 0.29) is 0 Å². The summed E-state index contributed by atoms with van der Waals surface area (Å²) in [7, 11) is 0. The summed E-state index contributed by atoms with van der Waals surface area (Å²) in [6, 6.07) is 0. The molecular weight excluding hydrogens is 200 g/mol. The Labute approximate surface area is 77.3 Å². The van der Waals surface area contributed by atoms with Crippen LogP contribution in [0.3, 0.4) is 0 Å². The summed E-state index contributed by atoms with van der Waals surface area (Å²) in [6.45, 7) is -1.33. The first-order valence-electron chi connectivity index (χ1n) is 3.52. The average molecular weight is 208 g/mol. The van der Waals surface area contributed by atoms with E-state index in [0.717, 1.165) is 0 Å². The third kappa shape index (κ3) is 1.68. The Morgan fingerprint density at radius 2 is 1.64 bits per heavy atom. The van der Waals surface area contributed by atoms with E-state index in [9.17, 15) is 14.7 Å². The largest absolute Gasteiger partial charge is 0.420 e. The molecule has 0 aromatic heterocycles. The van der Waals surface area contributed by atoms with E-state index >= 15 is 0 Å². The number of ether oxygens (including phenoxy) is 2. The van der Waals surface area contributed by atoms with E-state index in [1.54, 1.807) is 0 Å². The summed E-state index contributed by atoms with van der Waals surface area (Å²) >= 11 is 0. The maximum atomic E-state index is 10.7. The average Bonchev–Trinajstić information content (AvgIpc) is 2.07. The number of rotatable bonds is 1. The molecule has 4 N–H and O–H groups in total. The SMILES string of the molecule is O=C1CC(=O)OC(O)(CO)C(O)(O)O1. The summed E-state index contributed by atoms with van der Waals surface area (Å²) in [4.78, 5) is 21.4. The number of hydrogen-bond acceptors (Lipinski definition) is 8. The van der Waals surface area contributed by atoms with E-state index in [1.165, 1.54) is 0 Å². The van der Waals surface area contributed by atoms with Crippen LogP contribution in [-0.2, 0) is 19.1 Å². The zero-order valence-corrected chi connectivity index (χ0v) is 6.84. The number of esters is 2. The minimum absolute atomic E-state index is 0.884. The summed E-state index contributed by atoms with van der Waals surface area (Å²) in [6.07, 6.45) is -0.884. The number of hydrogen-bond donors (Lipinski definition) is 4. The quantitative estimate of drug-likeness (QED) is 0.201. The third-order valence-corrected chi connectivity index (χ3v) is 1.55. The number of cyclic esters (lactones) is 2. The molecule has 8 heteroatoms. The molecule has 1 heterocycles. The van der Waals surface area contributed by atoms with Crippen molar-refractivity contribution in [3.8, 4) is 0 Å². The van der Waals surface area contributed by atoms with Gasteiger partial charge < -0.3 is 29.9 Å². The highest BCUT2D eigenvalue weighted by atomic mass is 16.8. The number of aliphatic hydroxyl groups excluding tert-OH is 1. The topological polar surface area (TPSA) is 134 Å². The Morgan fingerprint density at radius 1 is 1.14 bits per heavy atom. The standard InChI is InChI=1S/C6H8O8/c7-2-5(10)6(11,12)14-4(9)1-3(8)13-5/h7,10-12H,1-2H2. The van der Waals surface area contributed by atoms with Crippen molar-refractivity contribution in [1.29, 1.82) is 0 Å². The Bertz CT molecular complexity index is 271. The summed E-state index contributed by atoms with van der Waals surface area (Å²) in [5.41, 5.74) is 0. The lowest BCUT2D eigenvalue weighted by Gasteiger charge is -2.32. The van der Waals surface area contributed by atoms with Crippen LogP contribution in [0.15, 0.2) is 0 Å². The van der Waals surface area contributed by atoms with Crippen molar-refractivity contribution in [2.24, 2.45) is 0 Å². The van der Waals surface area contributed by atoms with Crippen LogP contribution in [-0.4, -0.2) is 50.7 Å². The second-order valence-electron chi connectivity index (χ2n) is 2.68. The van der Waals surface area contributed by atoms with Gasteiger partial charge in [-0.1, -0.05) is 0 Å². The highest BCUT2D eigenvalue weighted by molar-refractivity contribution is 5.92. The van der Waals surface area contributed by atoms with Crippen molar-refractivity contribution in [1.82, 2.24) is 0 Å². The van der Waals surface area contributed by atoms with Gasteiger partial charge in [0, 0.05) is 0 Å². The molecule has 0 saturated carbocycles. The molecule has 1 atom stereocenters. The Balaban J connectivity index is 3.03. The second-order valence-corrected chi connectivity index (χ2v) is 2.68. The van der Waals surface area contributed by atoms with E-state index in [0.29, 0.717) is 0 Å². The Kier molecular flexibility index (Phi) is 2.46. The predicted octanol–water partition coefficient (Wildman–Crippen LogP) is -3.20. The highest BCUT2D eigenvalue weighted by Gasteiger charge is 2.58. The molecule has 1 saturated heterocycles. The van der Waals surface area contributed by atoms with Crippen LogP contribution in [0.1, 0.15) is 6.42 Å². The molecule has 80 valence electrons. The van der Waals surface area contributed by atoms with Gasteiger partial charge in [-0.25, -0.2) is 0 Å². The predicted molar refractivity (Wildman–Crippen MR) is 36.0 cm³/mol. The van der Waals surface area contributed by atoms with Gasteiger partial charge in [0.15, 0.2) is 0 Å². The van der Waals surface area contributed by atoms with E-state index in [2.05, 4.69) is 9.47 Å². The lowest BCUT2D eigenvalue weighted by molar-refractivity contribution is -0.444. The molecule has 0 radical (unpaired) electrons. The molecular formula is C6H8O8. The van der Waals surface area contributed by atoms with Crippen molar-refractivity contribution in [2.75, 3.05) is 6.61 Å². The lowest BCUT2D eigenvalue weighted by atomic mass is 10.2. The van der Waals surface area contributed by atoms with Gasteiger partial charge in [0.1, 0.15) is 13.0 Å². The van der Waals surface area contributed by atoms with Crippen molar-refractivity contribution >= 4 is 11.9 Å². The number of carbonyl (C=O) groups excluding carboxylic acids is 2. The first-order chi connectivity index (χ1) is 6.31. The van der Waals surface area contributed by atoms with Gasteiger partial charge in [-0.2, -0.15) is 0 Å². The van der Waals surface area contributed by atoms with Gasteiger partial charge in [-0.05, 0) is 0 Å². The molecule has 0 aromatic carbocycles. The van der Waals surface area contributed by atoms with Gasteiger partial charge in [-0.3, -0.25) is 9.59 Å². The minimum atomic E-state index is -3.47. The highest BCUT2D eigenvalue weighted by Crippen LogP contribution is 2.26. The molecule has 0 aromatic rings. The smallest absolute Gasteiger partial charge is 0.396 e. The van der Waals surface area contributed by atoms with Crippen LogP contribution < -0.4 is 0 Å². The van der Waals surface area contributed by atoms with Gasteiger partial charge in [0.2, 0.25) is 0 Å². The molecule has 1 fully saturated rings. The van der Waals surface area contributed by atoms with E-state index in [1.807, 2.05) is 0 Å². The lowest BCUT2D eigenvalue weighted by Crippen LogP contribution is -2.60. The molecule has 14 heavy (non-hydrogen) atoms. The molecule has 1 aliphatic heterocycles. The van der Waals surface area contributed by atoms with Crippen LogP contribution in [0.4, 0.5) is 0 Å². The van der Waals surface area contributed by atoms with Gasteiger partial charge in [0.25, 0.3) is 0 Å². The molecule has 0 amide bonds. The fourth-order valence-electron chi connectivity index (χ4n) is 0.819. The van der Waals surface area contributed by atoms with Crippen LogP contribution in [0.25, 0.3) is 0 Å². The summed E-state index contributed by atoms with van der Waals surface area (Å²) in [5, 5.41) is 35.8. The zero-order valence-electron chi connectivity index (χ0n) is 6.84. The molecule has 1 rings (SSSR count). The molecule has 0 aliphatic carbocycles. The normalized spacial score (nSPS) is 31.7. The second kappa shape index (κ2) is 3.17. The van der Waals surface area contributed by atoms with Crippen molar-refractivity contribution in [3.05, 3.63) is 0 Å². The fourth-order valence-corrected chi connectivity index (χ4v) is 0.819. The van der Waals surface area contributed by atoms with Crippen LogP contribution in [0, 0.1) is 0 Å². The van der Waals surface area contributed by atoms with Crippen LogP contribution >= 0.6 is 0 Å². The maximum Gasteiger partial charge on any atom is 0.396 e.